The van der Waals surface area contributed by atoms with Crippen LogP contribution in [0.3, 0.4) is 0 Å². The van der Waals surface area contributed by atoms with Crippen molar-refractivity contribution < 1.29 is 0 Å². The van der Waals surface area contributed by atoms with Gasteiger partial charge in [0.05, 0.1) is 0 Å². The van der Waals surface area contributed by atoms with Crippen LogP contribution in [0.2, 0.25) is 0 Å². The van der Waals surface area contributed by atoms with Crippen molar-refractivity contribution >= 4 is 15.9 Å². The van der Waals surface area contributed by atoms with E-state index in [0.29, 0.717) is 0 Å². The van der Waals surface area contributed by atoms with Crippen LogP contribution in [0, 0.1) is 36.5 Å². The molecule has 5 unspecified atom stereocenters. The summed E-state index contributed by atoms with van der Waals surface area (Å²) in [6.45, 7) is 2.24. The van der Waals surface area contributed by atoms with E-state index in [1.807, 2.05) is 0 Å². The fourth-order valence-corrected chi connectivity index (χ4v) is 6.12. The van der Waals surface area contributed by atoms with E-state index in [4.69, 9.17) is 0 Å². The van der Waals surface area contributed by atoms with Crippen LogP contribution in [-0.4, -0.2) is 4.83 Å². The van der Waals surface area contributed by atoms with Gasteiger partial charge in [-0.15, -0.1) is 0 Å². The zero-order valence-electron chi connectivity index (χ0n) is 11.0. The average Bonchev–Trinajstić information content (AvgIpc) is 2.82. The minimum atomic E-state index is 0.719. The smallest absolute Gasteiger partial charge is 0.0220 e. The van der Waals surface area contributed by atoms with Crippen LogP contribution < -0.4 is 0 Å². The topological polar surface area (TPSA) is 0 Å². The van der Waals surface area contributed by atoms with Crippen LogP contribution in [-0.2, 0) is 6.42 Å². The van der Waals surface area contributed by atoms with E-state index in [-0.39, 0.29) is 0 Å². The maximum absolute atomic E-state index is 4.01. The van der Waals surface area contributed by atoms with Crippen LogP contribution >= 0.6 is 15.9 Å². The summed E-state index contributed by atoms with van der Waals surface area (Å²) in [4.78, 5) is 0.719. The van der Waals surface area contributed by atoms with Gasteiger partial charge in [0.15, 0.2) is 0 Å². The monoisotopic (exact) mass is 304 g/mol. The lowest BCUT2D eigenvalue weighted by atomic mass is 9.96. The van der Waals surface area contributed by atoms with Crippen molar-refractivity contribution in [2.75, 3.05) is 0 Å². The largest absolute Gasteiger partial charge is 0.0884 e. The minimum Gasteiger partial charge on any atom is -0.0884 e. The quantitative estimate of drug-likeness (QED) is 0.716. The molecule has 0 radical (unpaired) electrons. The number of halogens is 1. The summed E-state index contributed by atoms with van der Waals surface area (Å²) in [7, 11) is 0. The van der Waals surface area contributed by atoms with Crippen molar-refractivity contribution in [1.82, 2.24) is 0 Å². The Morgan fingerprint density at radius 1 is 1.17 bits per heavy atom. The molecule has 3 fully saturated rings. The van der Waals surface area contributed by atoms with Crippen molar-refractivity contribution in [2.24, 2.45) is 29.6 Å². The highest BCUT2D eigenvalue weighted by atomic mass is 79.9. The molecule has 1 aromatic rings. The second-order valence-corrected chi connectivity index (χ2v) is 7.89. The Bertz CT molecular complexity index is 450. The van der Waals surface area contributed by atoms with Crippen molar-refractivity contribution in [3.05, 3.63) is 35.4 Å². The highest BCUT2D eigenvalue weighted by molar-refractivity contribution is 9.09. The van der Waals surface area contributed by atoms with Gasteiger partial charge >= 0.3 is 0 Å². The summed E-state index contributed by atoms with van der Waals surface area (Å²) in [6.07, 6.45) is 5.86. The molecule has 0 heterocycles. The molecule has 2 bridgehead atoms. The SMILES string of the molecule is Cc1ccccc1CC(Br)C1C2C3CCC(C3)C12. The van der Waals surface area contributed by atoms with Crippen LogP contribution in [0.1, 0.15) is 30.4 Å². The van der Waals surface area contributed by atoms with Gasteiger partial charge in [0.1, 0.15) is 0 Å². The van der Waals surface area contributed by atoms with Gasteiger partial charge in [-0.1, -0.05) is 40.2 Å². The van der Waals surface area contributed by atoms with E-state index >= 15 is 0 Å². The molecule has 1 aromatic carbocycles. The Labute approximate surface area is 118 Å². The van der Waals surface area contributed by atoms with Crippen molar-refractivity contribution in [3.8, 4) is 0 Å². The summed E-state index contributed by atoms with van der Waals surface area (Å²) in [5.74, 6) is 5.38. The molecule has 96 valence electrons. The lowest BCUT2D eigenvalue weighted by Crippen LogP contribution is -2.13. The van der Waals surface area contributed by atoms with Crippen molar-refractivity contribution in [3.63, 3.8) is 0 Å². The molecule has 5 atom stereocenters. The first-order chi connectivity index (χ1) is 8.75. The van der Waals surface area contributed by atoms with Crippen molar-refractivity contribution in [2.45, 2.75) is 37.4 Å². The highest BCUT2D eigenvalue weighted by Crippen LogP contribution is 2.71. The first-order valence-corrected chi connectivity index (χ1v) is 8.36. The number of hydrogen-bond donors (Lipinski definition) is 0. The van der Waals surface area contributed by atoms with E-state index in [1.165, 1.54) is 30.4 Å². The molecule has 0 N–H and O–H groups in total. The van der Waals surface area contributed by atoms with Gasteiger partial charge in [-0.05, 0) is 73.3 Å². The molecule has 0 aromatic heterocycles. The van der Waals surface area contributed by atoms with Gasteiger partial charge in [-0.3, -0.25) is 0 Å². The first kappa shape index (κ1) is 11.5. The molecule has 1 heteroatoms. The number of rotatable bonds is 3. The summed E-state index contributed by atoms with van der Waals surface area (Å²) >= 11 is 4.01. The number of hydrogen-bond acceptors (Lipinski definition) is 0. The Morgan fingerprint density at radius 2 is 1.83 bits per heavy atom. The summed E-state index contributed by atoms with van der Waals surface area (Å²) < 4.78 is 0. The zero-order chi connectivity index (χ0) is 12.3. The molecule has 0 saturated heterocycles. The van der Waals surface area contributed by atoms with E-state index in [9.17, 15) is 0 Å². The summed E-state index contributed by atoms with van der Waals surface area (Å²) in [6, 6.07) is 8.87. The Morgan fingerprint density at radius 3 is 2.50 bits per heavy atom. The van der Waals surface area contributed by atoms with Gasteiger partial charge in [0.2, 0.25) is 0 Å². The standard InChI is InChI=1S/C17H21Br/c1-10-4-2-3-5-11(10)9-14(18)17-15-12-6-7-13(8-12)16(15)17/h2-5,12-17H,6-9H2,1H3. The highest BCUT2D eigenvalue weighted by Gasteiger charge is 2.66. The number of fused-ring (bicyclic) bond motifs is 5. The zero-order valence-corrected chi connectivity index (χ0v) is 12.6. The van der Waals surface area contributed by atoms with Crippen molar-refractivity contribution in [1.29, 1.82) is 0 Å². The maximum Gasteiger partial charge on any atom is 0.0220 e. The summed E-state index contributed by atoms with van der Waals surface area (Å²) in [5.41, 5.74) is 2.99. The molecule has 0 nitrogen and oxygen atoms in total. The number of alkyl halides is 1. The Kier molecular flexibility index (Phi) is 2.62. The van der Waals surface area contributed by atoms with E-state index in [2.05, 4.69) is 47.1 Å². The van der Waals surface area contributed by atoms with Gasteiger partial charge in [0.25, 0.3) is 0 Å². The van der Waals surface area contributed by atoms with Gasteiger partial charge in [-0.25, -0.2) is 0 Å². The maximum atomic E-state index is 4.01. The molecule has 0 amide bonds. The molecular weight excluding hydrogens is 284 g/mol. The predicted octanol–water partition coefficient (Wildman–Crippen LogP) is 4.59. The first-order valence-electron chi connectivity index (χ1n) is 7.44. The second-order valence-electron chi connectivity index (χ2n) is 6.71. The van der Waals surface area contributed by atoms with Crippen LogP contribution in [0.25, 0.3) is 0 Å². The number of benzene rings is 1. The Balaban J connectivity index is 1.47. The fraction of sp³-hybridized carbons (Fsp3) is 0.647. The third-order valence-electron chi connectivity index (χ3n) is 5.89. The van der Waals surface area contributed by atoms with Gasteiger partial charge in [0, 0.05) is 4.83 Å². The van der Waals surface area contributed by atoms with E-state index < -0.39 is 0 Å². The molecule has 3 saturated carbocycles. The van der Waals surface area contributed by atoms with Gasteiger partial charge < -0.3 is 0 Å². The lowest BCUT2D eigenvalue weighted by molar-refractivity contribution is 0.455. The summed E-state index contributed by atoms with van der Waals surface area (Å²) in [5, 5.41) is 0. The fourth-order valence-electron chi connectivity index (χ4n) is 5.06. The van der Waals surface area contributed by atoms with E-state index in [0.717, 1.165) is 34.4 Å². The molecule has 3 aliphatic carbocycles. The van der Waals surface area contributed by atoms with Gasteiger partial charge in [-0.2, -0.15) is 0 Å². The average molecular weight is 305 g/mol. The predicted molar refractivity (Wildman–Crippen MR) is 78.9 cm³/mol. The normalized spacial score (nSPS) is 41.8. The van der Waals surface area contributed by atoms with Crippen LogP contribution in [0.4, 0.5) is 0 Å². The third kappa shape index (κ3) is 1.62. The molecule has 0 aliphatic heterocycles. The van der Waals surface area contributed by atoms with Crippen LogP contribution in [0.5, 0.6) is 0 Å². The molecule has 3 aliphatic rings. The third-order valence-corrected chi connectivity index (χ3v) is 6.82. The molecule has 4 rings (SSSR count). The molecular formula is C17H21Br. The number of aryl methyl sites for hydroxylation is 1. The van der Waals surface area contributed by atoms with E-state index in [1.54, 1.807) is 6.42 Å². The lowest BCUT2D eigenvalue weighted by Gasteiger charge is -2.15. The second kappa shape index (κ2) is 4.10. The Hall–Kier alpha value is -0.300. The molecule has 0 spiro atoms. The van der Waals surface area contributed by atoms with Crippen LogP contribution in [0.15, 0.2) is 24.3 Å². The molecule has 18 heavy (non-hydrogen) atoms. The minimum absolute atomic E-state index is 0.719.